The zero-order valence-electron chi connectivity index (χ0n) is 11.1. The van der Waals surface area contributed by atoms with Crippen molar-refractivity contribution >= 4 is 16.6 Å². The molecule has 1 heterocycles. The Balaban J connectivity index is 1.83. The fraction of sp³-hybridized carbons (Fsp3) is 0.467. The van der Waals surface area contributed by atoms with Gasteiger partial charge in [-0.2, -0.15) is 5.10 Å². The van der Waals surface area contributed by atoms with Gasteiger partial charge in [0.2, 0.25) is 0 Å². The van der Waals surface area contributed by atoms with Gasteiger partial charge in [-0.1, -0.05) is 30.7 Å². The number of aryl methyl sites for hydroxylation is 1. The van der Waals surface area contributed by atoms with Crippen LogP contribution in [0.3, 0.4) is 0 Å². The zero-order valence-corrected chi connectivity index (χ0v) is 11.1. The van der Waals surface area contributed by atoms with Crippen LogP contribution in [-0.2, 0) is 0 Å². The van der Waals surface area contributed by atoms with Crippen molar-refractivity contribution in [1.82, 2.24) is 10.2 Å². The molecule has 1 saturated carbocycles. The van der Waals surface area contributed by atoms with Crippen LogP contribution >= 0.6 is 0 Å². The highest BCUT2D eigenvalue weighted by molar-refractivity contribution is 5.92. The minimum Gasteiger partial charge on any atom is -0.393 e. The molecule has 0 spiro atoms. The lowest BCUT2D eigenvalue weighted by Crippen LogP contribution is -2.22. The van der Waals surface area contributed by atoms with Crippen molar-refractivity contribution in [3.8, 4) is 0 Å². The molecular weight excluding hydrogens is 238 g/mol. The molecule has 1 aromatic heterocycles. The van der Waals surface area contributed by atoms with E-state index in [2.05, 4.69) is 27.6 Å². The summed E-state index contributed by atoms with van der Waals surface area (Å²) in [4.78, 5) is 0. The van der Waals surface area contributed by atoms with E-state index in [9.17, 15) is 5.11 Å². The monoisotopic (exact) mass is 257 g/mol. The predicted molar refractivity (Wildman–Crippen MR) is 76.1 cm³/mol. The van der Waals surface area contributed by atoms with Crippen molar-refractivity contribution in [2.45, 2.75) is 32.3 Å². The molecule has 2 N–H and O–H groups in total. The van der Waals surface area contributed by atoms with Gasteiger partial charge in [0, 0.05) is 23.2 Å². The quantitative estimate of drug-likeness (QED) is 0.887. The number of hydrogen-bond acceptors (Lipinski definition) is 4. The van der Waals surface area contributed by atoms with Crippen LogP contribution in [0.5, 0.6) is 0 Å². The van der Waals surface area contributed by atoms with Gasteiger partial charge in [-0.05, 0) is 19.8 Å². The molecule has 1 aliphatic carbocycles. The largest absolute Gasteiger partial charge is 0.393 e. The normalized spacial score (nSPS) is 22.8. The summed E-state index contributed by atoms with van der Waals surface area (Å²) in [6.45, 7) is 2.74. The molecule has 2 aromatic rings. The van der Waals surface area contributed by atoms with Gasteiger partial charge in [0.15, 0.2) is 5.82 Å². The van der Waals surface area contributed by atoms with E-state index in [1.54, 1.807) is 0 Å². The third-order valence-electron chi connectivity index (χ3n) is 4.02. The maximum atomic E-state index is 9.85. The van der Waals surface area contributed by atoms with Crippen LogP contribution in [0.2, 0.25) is 0 Å². The molecule has 1 aromatic carbocycles. The van der Waals surface area contributed by atoms with E-state index in [-0.39, 0.29) is 6.10 Å². The second kappa shape index (κ2) is 5.13. The third-order valence-corrected chi connectivity index (χ3v) is 4.02. The Hall–Kier alpha value is -1.68. The van der Waals surface area contributed by atoms with E-state index in [1.807, 2.05) is 19.1 Å². The number of aromatic nitrogens is 2. The Morgan fingerprint density at radius 3 is 2.74 bits per heavy atom. The van der Waals surface area contributed by atoms with Crippen LogP contribution in [0.1, 0.15) is 25.0 Å². The van der Waals surface area contributed by atoms with Crippen LogP contribution in [0.4, 0.5) is 5.82 Å². The molecule has 0 bridgehead atoms. The van der Waals surface area contributed by atoms with Gasteiger partial charge in [-0.15, -0.1) is 5.10 Å². The summed E-state index contributed by atoms with van der Waals surface area (Å²) in [6, 6.07) is 8.15. The molecule has 0 saturated heterocycles. The van der Waals surface area contributed by atoms with Gasteiger partial charge in [-0.25, -0.2) is 0 Å². The van der Waals surface area contributed by atoms with E-state index in [0.717, 1.165) is 48.1 Å². The Bertz CT molecular complexity index is 585. The summed E-state index contributed by atoms with van der Waals surface area (Å²) in [5, 5.41) is 23.9. The van der Waals surface area contributed by atoms with Crippen LogP contribution < -0.4 is 5.32 Å². The van der Waals surface area contributed by atoms with Gasteiger partial charge >= 0.3 is 0 Å². The summed E-state index contributed by atoms with van der Waals surface area (Å²) >= 11 is 0. The van der Waals surface area contributed by atoms with Crippen molar-refractivity contribution in [1.29, 1.82) is 0 Å². The van der Waals surface area contributed by atoms with Gasteiger partial charge in [-0.3, -0.25) is 0 Å². The molecule has 100 valence electrons. The fourth-order valence-corrected chi connectivity index (χ4v) is 2.85. The number of aliphatic hydroxyl groups excluding tert-OH is 1. The van der Waals surface area contributed by atoms with Crippen molar-refractivity contribution in [2.24, 2.45) is 5.92 Å². The first-order chi connectivity index (χ1) is 9.25. The summed E-state index contributed by atoms with van der Waals surface area (Å²) in [5.74, 6) is 1.15. The number of nitrogens with one attached hydrogen (secondary N) is 1. The van der Waals surface area contributed by atoms with Gasteiger partial charge in [0.05, 0.1) is 11.8 Å². The SMILES string of the molecule is Cc1nnc(NCC2CCCC2O)c2ccccc12. The lowest BCUT2D eigenvalue weighted by atomic mass is 10.1. The maximum Gasteiger partial charge on any atom is 0.156 e. The Labute approximate surface area is 112 Å². The van der Waals surface area contributed by atoms with Gasteiger partial charge < -0.3 is 10.4 Å². The molecule has 0 amide bonds. The second-order valence-electron chi connectivity index (χ2n) is 5.32. The molecule has 2 atom stereocenters. The summed E-state index contributed by atoms with van der Waals surface area (Å²) in [5.41, 5.74) is 0.946. The zero-order chi connectivity index (χ0) is 13.2. The second-order valence-corrected chi connectivity index (χ2v) is 5.32. The summed E-state index contributed by atoms with van der Waals surface area (Å²) in [6.07, 6.45) is 2.96. The van der Waals surface area contributed by atoms with Crippen molar-refractivity contribution in [3.63, 3.8) is 0 Å². The Kier molecular flexibility index (Phi) is 3.34. The lowest BCUT2D eigenvalue weighted by molar-refractivity contribution is 0.138. The maximum absolute atomic E-state index is 9.85. The molecule has 0 radical (unpaired) electrons. The van der Waals surface area contributed by atoms with Crippen molar-refractivity contribution < 1.29 is 5.11 Å². The molecule has 1 fully saturated rings. The minimum absolute atomic E-state index is 0.169. The van der Waals surface area contributed by atoms with Crippen LogP contribution in [-0.4, -0.2) is 28.0 Å². The third kappa shape index (κ3) is 2.40. The summed E-state index contributed by atoms with van der Waals surface area (Å²) < 4.78 is 0. The highest BCUT2D eigenvalue weighted by Crippen LogP contribution is 2.27. The number of fused-ring (bicyclic) bond motifs is 1. The molecule has 4 heteroatoms. The molecule has 3 rings (SSSR count). The Morgan fingerprint density at radius 1 is 1.21 bits per heavy atom. The Morgan fingerprint density at radius 2 is 2.00 bits per heavy atom. The van der Waals surface area contributed by atoms with E-state index in [4.69, 9.17) is 0 Å². The van der Waals surface area contributed by atoms with Crippen molar-refractivity contribution in [2.75, 3.05) is 11.9 Å². The average Bonchev–Trinajstić information content (AvgIpc) is 2.84. The highest BCUT2D eigenvalue weighted by atomic mass is 16.3. The number of aliphatic hydroxyl groups is 1. The van der Waals surface area contributed by atoms with Gasteiger partial charge in [0.25, 0.3) is 0 Å². The topological polar surface area (TPSA) is 58.0 Å². The molecule has 2 unspecified atom stereocenters. The van der Waals surface area contributed by atoms with Crippen molar-refractivity contribution in [3.05, 3.63) is 30.0 Å². The van der Waals surface area contributed by atoms with E-state index < -0.39 is 0 Å². The molecule has 4 nitrogen and oxygen atoms in total. The fourth-order valence-electron chi connectivity index (χ4n) is 2.85. The molecule has 1 aliphatic rings. The average molecular weight is 257 g/mol. The first-order valence-electron chi connectivity index (χ1n) is 6.89. The number of rotatable bonds is 3. The first-order valence-corrected chi connectivity index (χ1v) is 6.89. The standard InChI is InChI=1S/C15H19N3O/c1-10-12-6-2-3-7-13(12)15(18-17-10)16-9-11-5-4-8-14(11)19/h2-3,6-7,11,14,19H,4-5,8-9H2,1H3,(H,16,18). The molecule has 0 aliphatic heterocycles. The predicted octanol–water partition coefficient (Wildman–Crippen LogP) is 2.51. The van der Waals surface area contributed by atoms with E-state index in [1.165, 1.54) is 0 Å². The minimum atomic E-state index is -0.169. The van der Waals surface area contributed by atoms with Crippen LogP contribution in [0.25, 0.3) is 10.8 Å². The number of benzene rings is 1. The lowest BCUT2D eigenvalue weighted by Gasteiger charge is -2.16. The number of anilines is 1. The summed E-state index contributed by atoms with van der Waals surface area (Å²) in [7, 11) is 0. The molecular formula is C15H19N3O. The van der Waals surface area contributed by atoms with Crippen LogP contribution in [0.15, 0.2) is 24.3 Å². The first kappa shape index (κ1) is 12.4. The van der Waals surface area contributed by atoms with E-state index >= 15 is 0 Å². The smallest absolute Gasteiger partial charge is 0.156 e. The van der Waals surface area contributed by atoms with Crippen LogP contribution in [0, 0.1) is 12.8 Å². The number of hydrogen-bond donors (Lipinski definition) is 2. The van der Waals surface area contributed by atoms with Gasteiger partial charge in [0.1, 0.15) is 0 Å². The molecule has 19 heavy (non-hydrogen) atoms. The highest BCUT2D eigenvalue weighted by Gasteiger charge is 2.25. The van der Waals surface area contributed by atoms with E-state index in [0.29, 0.717) is 5.92 Å². The number of nitrogens with zero attached hydrogens (tertiary/aromatic N) is 2.